The number of carboxylic acids is 1. The number of phenolic OH excluding ortho intramolecular Hbond substituents is 1. The molecule has 0 aromatic heterocycles. The Morgan fingerprint density at radius 2 is 1.78 bits per heavy atom. The Labute approximate surface area is 131 Å². The zero-order valence-corrected chi connectivity index (χ0v) is 12.3. The summed E-state index contributed by atoms with van der Waals surface area (Å²) in [6, 6.07) is 3.05. The van der Waals surface area contributed by atoms with Gasteiger partial charge in [-0.2, -0.15) is 0 Å². The fourth-order valence-electron chi connectivity index (χ4n) is 1.69. The molecule has 0 aliphatic heterocycles. The zero-order valence-electron chi connectivity index (χ0n) is 12.3. The van der Waals surface area contributed by atoms with E-state index in [4.69, 9.17) is 10.8 Å². The molecule has 0 aliphatic carbocycles. The topological polar surface area (TPSA) is 159 Å². The van der Waals surface area contributed by atoms with Crippen molar-refractivity contribution in [3.8, 4) is 5.75 Å². The molecule has 0 fully saturated rings. The van der Waals surface area contributed by atoms with Crippen LogP contribution < -0.4 is 16.4 Å². The van der Waals surface area contributed by atoms with Crippen molar-refractivity contribution in [3.05, 3.63) is 29.8 Å². The number of amides is 3. The highest BCUT2D eigenvalue weighted by Gasteiger charge is 2.26. The van der Waals surface area contributed by atoms with Crippen LogP contribution >= 0.6 is 0 Å². The molecular weight excluding hydrogens is 306 g/mol. The zero-order chi connectivity index (χ0) is 17.6. The minimum atomic E-state index is -1.36. The summed E-state index contributed by atoms with van der Waals surface area (Å²) in [4.78, 5) is 45.8. The van der Waals surface area contributed by atoms with Gasteiger partial charge < -0.3 is 26.6 Å². The Morgan fingerprint density at radius 1 is 1.17 bits per heavy atom. The van der Waals surface area contributed by atoms with Crippen LogP contribution in [-0.4, -0.2) is 46.0 Å². The van der Waals surface area contributed by atoms with Crippen molar-refractivity contribution in [2.75, 3.05) is 0 Å². The maximum Gasteiger partial charge on any atom is 0.325 e. The first-order valence-electron chi connectivity index (χ1n) is 6.62. The minimum absolute atomic E-state index is 0.0962. The quantitative estimate of drug-likeness (QED) is 0.431. The van der Waals surface area contributed by atoms with Gasteiger partial charge in [-0.1, -0.05) is 12.1 Å². The standard InChI is InChI=1S/C14H17N3O6/c1-7(14(22)23)16-13(21)9(6-11(15)19)17-12(20)8-4-2-3-5-10(8)18/h2-5,7,9,18H,6H2,1H3,(H2,15,19)(H,16,21)(H,17,20)(H,22,23)/t7-,9+/m0/s1. The molecule has 2 atom stereocenters. The third-order valence-electron chi connectivity index (χ3n) is 2.90. The van der Waals surface area contributed by atoms with E-state index in [0.717, 1.165) is 0 Å². The van der Waals surface area contributed by atoms with Gasteiger partial charge in [0, 0.05) is 0 Å². The highest BCUT2D eigenvalue weighted by Crippen LogP contribution is 2.15. The van der Waals surface area contributed by atoms with Gasteiger partial charge in [0.25, 0.3) is 5.91 Å². The van der Waals surface area contributed by atoms with Crippen LogP contribution in [0.4, 0.5) is 0 Å². The van der Waals surface area contributed by atoms with Gasteiger partial charge in [-0.25, -0.2) is 0 Å². The summed E-state index contributed by atoms with van der Waals surface area (Å²) in [7, 11) is 0. The predicted octanol–water partition coefficient (Wildman–Crippen LogP) is -1.04. The van der Waals surface area contributed by atoms with Crippen LogP contribution in [0.15, 0.2) is 24.3 Å². The molecule has 0 bridgehead atoms. The van der Waals surface area contributed by atoms with E-state index in [2.05, 4.69) is 10.6 Å². The van der Waals surface area contributed by atoms with Crippen molar-refractivity contribution in [1.82, 2.24) is 10.6 Å². The van der Waals surface area contributed by atoms with E-state index in [1.165, 1.54) is 31.2 Å². The molecule has 23 heavy (non-hydrogen) atoms. The lowest BCUT2D eigenvalue weighted by atomic mass is 10.1. The van der Waals surface area contributed by atoms with Gasteiger partial charge in [-0.3, -0.25) is 19.2 Å². The summed E-state index contributed by atoms with van der Waals surface area (Å²) < 4.78 is 0. The van der Waals surface area contributed by atoms with Crippen molar-refractivity contribution < 1.29 is 29.4 Å². The lowest BCUT2D eigenvalue weighted by molar-refractivity contribution is -0.141. The number of benzene rings is 1. The van der Waals surface area contributed by atoms with Gasteiger partial charge in [-0.05, 0) is 19.1 Å². The monoisotopic (exact) mass is 323 g/mol. The molecule has 0 heterocycles. The molecular formula is C14H17N3O6. The summed E-state index contributed by atoms with van der Waals surface area (Å²) in [5.41, 5.74) is 4.93. The van der Waals surface area contributed by atoms with Gasteiger partial charge in [0.1, 0.15) is 17.8 Å². The molecule has 0 unspecified atom stereocenters. The third-order valence-corrected chi connectivity index (χ3v) is 2.90. The maximum atomic E-state index is 12.1. The Hall–Kier alpha value is -3.10. The minimum Gasteiger partial charge on any atom is -0.507 e. The third kappa shape index (κ3) is 5.30. The summed E-state index contributed by atoms with van der Waals surface area (Å²) in [5, 5.41) is 22.7. The molecule has 0 radical (unpaired) electrons. The first-order valence-corrected chi connectivity index (χ1v) is 6.62. The number of nitrogens with one attached hydrogen (secondary N) is 2. The van der Waals surface area contributed by atoms with Crippen LogP contribution in [0.1, 0.15) is 23.7 Å². The number of para-hydroxylation sites is 1. The fourth-order valence-corrected chi connectivity index (χ4v) is 1.69. The molecule has 0 spiro atoms. The molecule has 3 amide bonds. The maximum absolute atomic E-state index is 12.1. The summed E-state index contributed by atoms with van der Waals surface area (Å²) in [5.74, 6) is -4.11. The Morgan fingerprint density at radius 3 is 2.30 bits per heavy atom. The second-order valence-electron chi connectivity index (χ2n) is 4.78. The smallest absolute Gasteiger partial charge is 0.325 e. The first kappa shape index (κ1) is 18.0. The number of hydrogen-bond acceptors (Lipinski definition) is 5. The number of carbonyl (C=O) groups excluding carboxylic acids is 3. The predicted molar refractivity (Wildman–Crippen MR) is 78.4 cm³/mol. The first-order chi connectivity index (χ1) is 10.7. The van der Waals surface area contributed by atoms with Crippen LogP contribution in [0.5, 0.6) is 5.75 Å². The molecule has 1 aromatic carbocycles. The molecule has 1 rings (SSSR count). The van der Waals surface area contributed by atoms with Gasteiger partial charge in [-0.15, -0.1) is 0 Å². The number of carboxylic acid groups (broad SMARTS) is 1. The fraction of sp³-hybridized carbons (Fsp3) is 0.286. The number of rotatable bonds is 7. The van der Waals surface area contributed by atoms with Gasteiger partial charge in [0.05, 0.1) is 12.0 Å². The molecule has 124 valence electrons. The van der Waals surface area contributed by atoms with Gasteiger partial charge in [0.2, 0.25) is 11.8 Å². The van der Waals surface area contributed by atoms with Gasteiger partial charge >= 0.3 is 5.97 Å². The SMILES string of the molecule is C[C@H](NC(=O)[C@@H](CC(N)=O)NC(=O)c1ccccc1O)C(=O)O. The van der Waals surface area contributed by atoms with Crippen molar-refractivity contribution >= 4 is 23.7 Å². The van der Waals surface area contributed by atoms with Gasteiger partial charge in [0.15, 0.2) is 0 Å². The highest BCUT2D eigenvalue weighted by atomic mass is 16.4. The van der Waals surface area contributed by atoms with E-state index >= 15 is 0 Å². The average molecular weight is 323 g/mol. The number of carbonyl (C=O) groups is 4. The number of aromatic hydroxyl groups is 1. The average Bonchev–Trinajstić information content (AvgIpc) is 2.46. The van der Waals surface area contributed by atoms with E-state index < -0.39 is 42.2 Å². The molecule has 9 nitrogen and oxygen atoms in total. The van der Waals surface area contributed by atoms with E-state index in [1.54, 1.807) is 0 Å². The molecule has 0 saturated carbocycles. The normalized spacial score (nSPS) is 12.7. The second kappa shape index (κ2) is 7.78. The molecule has 6 N–H and O–H groups in total. The van der Waals surface area contributed by atoms with E-state index in [1.807, 2.05) is 0 Å². The van der Waals surface area contributed by atoms with E-state index in [-0.39, 0.29) is 11.3 Å². The molecule has 0 aliphatic rings. The number of hydrogen-bond donors (Lipinski definition) is 5. The second-order valence-corrected chi connectivity index (χ2v) is 4.78. The highest BCUT2D eigenvalue weighted by molar-refractivity contribution is 6.00. The number of aliphatic carboxylic acids is 1. The van der Waals surface area contributed by atoms with Crippen LogP contribution in [0.25, 0.3) is 0 Å². The lowest BCUT2D eigenvalue weighted by Gasteiger charge is -2.19. The van der Waals surface area contributed by atoms with Crippen LogP contribution in [-0.2, 0) is 14.4 Å². The van der Waals surface area contributed by atoms with Crippen molar-refractivity contribution in [2.24, 2.45) is 5.73 Å². The number of primary amides is 1. The van der Waals surface area contributed by atoms with Crippen LogP contribution in [0.3, 0.4) is 0 Å². The molecule has 0 saturated heterocycles. The summed E-state index contributed by atoms with van der Waals surface area (Å²) in [6.45, 7) is 1.23. The van der Waals surface area contributed by atoms with E-state index in [0.29, 0.717) is 0 Å². The van der Waals surface area contributed by atoms with Crippen molar-refractivity contribution in [1.29, 1.82) is 0 Å². The number of nitrogens with two attached hydrogens (primary N) is 1. The largest absolute Gasteiger partial charge is 0.507 e. The Balaban J connectivity index is 2.88. The lowest BCUT2D eigenvalue weighted by Crippen LogP contribution is -2.52. The summed E-state index contributed by atoms with van der Waals surface area (Å²) in [6.07, 6.45) is -0.516. The molecule has 1 aromatic rings. The van der Waals surface area contributed by atoms with E-state index in [9.17, 15) is 24.3 Å². The van der Waals surface area contributed by atoms with Crippen LogP contribution in [0.2, 0.25) is 0 Å². The van der Waals surface area contributed by atoms with Crippen molar-refractivity contribution in [2.45, 2.75) is 25.4 Å². The van der Waals surface area contributed by atoms with Crippen LogP contribution in [0, 0.1) is 0 Å². The Kier molecular flexibility index (Phi) is 6.07. The summed E-state index contributed by atoms with van der Waals surface area (Å²) >= 11 is 0. The molecule has 9 heteroatoms. The number of phenols is 1. The Bertz CT molecular complexity index is 631. The van der Waals surface area contributed by atoms with Crippen molar-refractivity contribution in [3.63, 3.8) is 0 Å².